The maximum Gasteiger partial charge on any atom is 0.472 e. The van der Waals surface area contributed by atoms with Gasteiger partial charge in [-0.3, -0.25) is 37.3 Å². The molecule has 0 heterocycles. The molecule has 96 heavy (non-hydrogen) atoms. The van der Waals surface area contributed by atoms with Gasteiger partial charge in [-0.15, -0.1) is 0 Å². The van der Waals surface area contributed by atoms with E-state index in [1.54, 1.807) is 0 Å². The second-order valence-electron chi connectivity index (χ2n) is 29.2. The van der Waals surface area contributed by atoms with E-state index in [0.29, 0.717) is 25.7 Å². The minimum atomic E-state index is -4.96. The van der Waals surface area contributed by atoms with E-state index in [1.165, 1.54) is 186 Å². The molecule has 570 valence electrons. The van der Waals surface area contributed by atoms with Gasteiger partial charge in [0, 0.05) is 25.7 Å². The van der Waals surface area contributed by atoms with Crippen LogP contribution in [0.1, 0.15) is 389 Å². The topological polar surface area (TPSA) is 237 Å². The number of phosphoric ester groups is 2. The Morgan fingerprint density at radius 1 is 0.292 bits per heavy atom. The third-order valence-corrected chi connectivity index (χ3v) is 20.4. The maximum atomic E-state index is 13.1. The van der Waals surface area contributed by atoms with Gasteiger partial charge in [-0.2, -0.15) is 0 Å². The highest BCUT2D eigenvalue weighted by Crippen LogP contribution is 2.45. The Morgan fingerprint density at radius 3 is 0.740 bits per heavy atom. The first kappa shape index (κ1) is 94.1. The number of rotatable bonds is 74. The average molecular weight is 1410 g/mol. The van der Waals surface area contributed by atoms with Crippen molar-refractivity contribution in [1.29, 1.82) is 0 Å². The molecule has 0 amide bonds. The Labute approximate surface area is 588 Å². The van der Waals surface area contributed by atoms with Crippen molar-refractivity contribution < 1.29 is 80.2 Å². The number of carbonyl (C=O) groups excluding carboxylic acids is 4. The molecule has 7 atom stereocenters. The summed E-state index contributed by atoms with van der Waals surface area (Å²) in [4.78, 5) is 72.9. The van der Waals surface area contributed by atoms with Crippen molar-refractivity contribution in [2.45, 2.75) is 408 Å². The number of aliphatic hydroxyl groups is 1. The van der Waals surface area contributed by atoms with Gasteiger partial charge in [0.25, 0.3) is 0 Å². The number of hydrogen-bond donors (Lipinski definition) is 3. The van der Waals surface area contributed by atoms with E-state index in [0.717, 1.165) is 120 Å². The molecule has 0 saturated carbocycles. The molecule has 0 aliphatic rings. The molecule has 4 unspecified atom stereocenters. The summed E-state index contributed by atoms with van der Waals surface area (Å²) in [6, 6.07) is 0. The Kier molecular flexibility index (Phi) is 65.0. The molecule has 0 aromatic rings. The summed E-state index contributed by atoms with van der Waals surface area (Å²) >= 11 is 0. The minimum absolute atomic E-state index is 0.105. The van der Waals surface area contributed by atoms with Crippen LogP contribution in [-0.4, -0.2) is 96.7 Å². The molecule has 0 radical (unpaired) electrons. The number of hydrogen-bond acceptors (Lipinski definition) is 15. The smallest absolute Gasteiger partial charge is 0.462 e. The number of esters is 4. The minimum Gasteiger partial charge on any atom is -0.462 e. The normalized spacial score (nSPS) is 14.7. The molecule has 19 heteroatoms. The van der Waals surface area contributed by atoms with Crippen molar-refractivity contribution in [1.82, 2.24) is 0 Å². The van der Waals surface area contributed by atoms with E-state index in [1.807, 2.05) is 0 Å². The van der Waals surface area contributed by atoms with Gasteiger partial charge in [-0.05, 0) is 49.4 Å². The first-order chi connectivity index (χ1) is 46.2. The predicted molar refractivity (Wildman–Crippen MR) is 391 cm³/mol. The SMILES string of the molecule is CCC(C)CCCCCCCCCCCCCCCCC(=O)OC[C@H](COP(=O)(O)OC[C@@H](O)COP(=O)(O)OC[C@@H](COC(=O)CCCCCCCCC(C)CC)OC(=O)CCCCCCCCCCCCCC(C)C)OC(=O)CCCCCCCCCCCCCC(C)C. The Balaban J connectivity index is 5.25. The van der Waals surface area contributed by atoms with Gasteiger partial charge < -0.3 is 33.8 Å². The zero-order chi connectivity index (χ0) is 71.0. The van der Waals surface area contributed by atoms with Gasteiger partial charge in [-0.25, -0.2) is 9.13 Å². The van der Waals surface area contributed by atoms with Crippen LogP contribution in [0.3, 0.4) is 0 Å². The van der Waals surface area contributed by atoms with Gasteiger partial charge in [0.2, 0.25) is 0 Å². The first-order valence-electron chi connectivity index (χ1n) is 39.8. The van der Waals surface area contributed by atoms with Crippen LogP contribution in [0.15, 0.2) is 0 Å². The number of carbonyl (C=O) groups is 4. The standard InChI is InChI=1S/C77H150O17P2/c1-9-69(7)55-47-39-31-25-19-13-11-12-14-20-26-32-41-49-57-74(79)87-63-72(93-76(81)59-51-43-33-27-21-15-17-23-29-37-45-53-67(3)4)65-91-95(83,84)89-61-71(78)62-90-96(85,86)92-66-73(64-88-75(80)58-50-42-36-35-40-48-56-70(8)10-2)94-77(82)60-52-44-34-28-22-16-18-24-30-38-46-54-68(5)6/h67-73,78H,9-66H2,1-8H3,(H,83,84)(H,85,86)/t69?,70?,71-,72-,73-/m1/s1. The van der Waals surface area contributed by atoms with Crippen LogP contribution < -0.4 is 0 Å². The lowest BCUT2D eigenvalue weighted by molar-refractivity contribution is -0.161. The van der Waals surface area contributed by atoms with Gasteiger partial charge in [-0.1, -0.05) is 338 Å². The molecule has 0 aliphatic heterocycles. The van der Waals surface area contributed by atoms with Crippen molar-refractivity contribution in [2.75, 3.05) is 39.6 Å². The van der Waals surface area contributed by atoms with Crippen LogP contribution >= 0.6 is 15.6 Å². The van der Waals surface area contributed by atoms with E-state index in [9.17, 15) is 43.2 Å². The van der Waals surface area contributed by atoms with Gasteiger partial charge in [0.05, 0.1) is 26.4 Å². The van der Waals surface area contributed by atoms with E-state index in [-0.39, 0.29) is 25.7 Å². The van der Waals surface area contributed by atoms with Gasteiger partial charge in [0.15, 0.2) is 12.2 Å². The summed E-state index contributed by atoms with van der Waals surface area (Å²) in [6.45, 7) is 14.2. The second kappa shape index (κ2) is 66.3. The van der Waals surface area contributed by atoms with Crippen LogP contribution in [0.2, 0.25) is 0 Å². The fraction of sp³-hybridized carbons (Fsp3) is 0.948. The fourth-order valence-electron chi connectivity index (χ4n) is 11.7. The van der Waals surface area contributed by atoms with Crippen molar-refractivity contribution in [3.05, 3.63) is 0 Å². The molecular formula is C77H150O17P2. The van der Waals surface area contributed by atoms with Gasteiger partial charge >= 0.3 is 39.5 Å². The first-order valence-corrected chi connectivity index (χ1v) is 42.8. The predicted octanol–water partition coefficient (Wildman–Crippen LogP) is 22.4. The highest BCUT2D eigenvalue weighted by atomic mass is 31.2. The molecule has 3 N–H and O–H groups in total. The highest BCUT2D eigenvalue weighted by molar-refractivity contribution is 7.47. The summed E-state index contributed by atoms with van der Waals surface area (Å²) in [6.07, 6.45) is 51.3. The number of unbranched alkanes of at least 4 members (excludes halogenated alkanes) is 38. The molecule has 0 saturated heterocycles. The molecule has 0 bridgehead atoms. The summed E-state index contributed by atoms with van der Waals surface area (Å²) in [7, 11) is -9.92. The van der Waals surface area contributed by atoms with Crippen molar-refractivity contribution in [3.63, 3.8) is 0 Å². The second-order valence-corrected chi connectivity index (χ2v) is 32.1. The molecule has 0 aromatic heterocycles. The van der Waals surface area contributed by atoms with Crippen LogP contribution in [0.25, 0.3) is 0 Å². The molecule has 0 aliphatic carbocycles. The van der Waals surface area contributed by atoms with Crippen molar-refractivity contribution in [2.24, 2.45) is 23.7 Å². The quantitative estimate of drug-likeness (QED) is 0.0222. The largest absolute Gasteiger partial charge is 0.472 e. The molecule has 0 fully saturated rings. The summed E-state index contributed by atoms with van der Waals surface area (Å²) < 4.78 is 68.6. The molecule has 0 spiro atoms. The molecule has 0 rings (SSSR count). The lowest BCUT2D eigenvalue weighted by Gasteiger charge is -2.21. The number of aliphatic hydroxyl groups excluding tert-OH is 1. The summed E-state index contributed by atoms with van der Waals surface area (Å²) in [5, 5.41) is 10.6. The molecule has 17 nitrogen and oxygen atoms in total. The van der Waals surface area contributed by atoms with Crippen molar-refractivity contribution in [3.8, 4) is 0 Å². The van der Waals surface area contributed by atoms with E-state index < -0.39 is 97.5 Å². The lowest BCUT2D eigenvalue weighted by atomic mass is 9.99. The maximum absolute atomic E-state index is 13.1. The molecular weight excluding hydrogens is 1260 g/mol. The van der Waals surface area contributed by atoms with E-state index in [2.05, 4.69) is 55.4 Å². The van der Waals surface area contributed by atoms with Crippen LogP contribution in [-0.2, 0) is 65.4 Å². The Hall–Kier alpha value is -1.94. The zero-order valence-corrected chi connectivity index (χ0v) is 64.8. The Bertz CT molecular complexity index is 1890. The molecule has 0 aromatic carbocycles. The van der Waals surface area contributed by atoms with E-state index >= 15 is 0 Å². The Morgan fingerprint density at radius 2 is 0.500 bits per heavy atom. The third-order valence-electron chi connectivity index (χ3n) is 18.5. The summed E-state index contributed by atoms with van der Waals surface area (Å²) in [5.41, 5.74) is 0. The zero-order valence-electron chi connectivity index (χ0n) is 63.0. The highest BCUT2D eigenvalue weighted by Gasteiger charge is 2.30. The lowest BCUT2D eigenvalue weighted by Crippen LogP contribution is -2.30. The third kappa shape index (κ3) is 67.9. The number of phosphoric acid groups is 2. The monoisotopic (exact) mass is 1410 g/mol. The average Bonchev–Trinajstić information content (AvgIpc) is 1.17. The van der Waals surface area contributed by atoms with Crippen LogP contribution in [0, 0.1) is 23.7 Å². The van der Waals surface area contributed by atoms with Crippen LogP contribution in [0.4, 0.5) is 0 Å². The number of ether oxygens (including phenoxy) is 4. The van der Waals surface area contributed by atoms with Gasteiger partial charge in [0.1, 0.15) is 19.3 Å². The summed E-state index contributed by atoms with van der Waals surface area (Å²) in [5.74, 6) is 0.991. The van der Waals surface area contributed by atoms with E-state index in [4.69, 9.17) is 37.0 Å². The van der Waals surface area contributed by atoms with Crippen LogP contribution in [0.5, 0.6) is 0 Å². The van der Waals surface area contributed by atoms with Crippen molar-refractivity contribution >= 4 is 39.5 Å². The fourth-order valence-corrected chi connectivity index (χ4v) is 13.2.